The van der Waals surface area contributed by atoms with Gasteiger partial charge in [-0.2, -0.15) is 22.4 Å². The van der Waals surface area contributed by atoms with Crippen LogP contribution < -0.4 is 5.56 Å². The maximum absolute atomic E-state index is 12.1. The lowest BCUT2D eigenvalue weighted by Crippen LogP contribution is -2.21. The highest BCUT2D eigenvalue weighted by atomic mass is 32.2. The maximum atomic E-state index is 12.1. The SMILES string of the molecule is O=c1c2ccccc2cnn1SC(F)(F)F. The highest BCUT2D eigenvalue weighted by Gasteiger charge is 2.31. The standard InChI is InChI=1S/C9H5F3N2OS/c10-9(11,12)16-14-8(15)7-4-2-1-3-6(7)5-13-14/h1-5H. The number of hydrogen-bond acceptors (Lipinski definition) is 3. The van der Waals surface area contributed by atoms with Crippen LogP contribution in [0.25, 0.3) is 10.8 Å². The van der Waals surface area contributed by atoms with E-state index in [0.717, 1.165) is 0 Å². The summed E-state index contributed by atoms with van der Waals surface area (Å²) in [6, 6.07) is 6.36. The van der Waals surface area contributed by atoms with E-state index < -0.39 is 23.0 Å². The minimum Gasteiger partial charge on any atom is -0.266 e. The molecule has 0 aliphatic rings. The van der Waals surface area contributed by atoms with Gasteiger partial charge in [0.2, 0.25) is 0 Å². The lowest BCUT2D eigenvalue weighted by Gasteiger charge is -2.06. The fraction of sp³-hybridized carbons (Fsp3) is 0.111. The molecule has 0 saturated heterocycles. The first-order valence-electron chi connectivity index (χ1n) is 4.21. The molecule has 16 heavy (non-hydrogen) atoms. The molecular weight excluding hydrogens is 241 g/mol. The number of hydrogen-bond donors (Lipinski definition) is 0. The van der Waals surface area contributed by atoms with Gasteiger partial charge in [-0.1, -0.05) is 18.2 Å². The van der Waals surface area contributed by atoms with Crippen molar-refractivity contribution in [2.24, 2.45) is 0 Å². The molecule has 0 spiro atoms. The van der Waals surface area contributed by atoms with Crippen molar-refractivity contribution >= 4 is 22.7 Å². The predicted octanol–water partition coefficient (Wildman–Crippen LogP) is 2.41. The van der Waals surface area contributed by atoms with Gasteiger partial charge in [0.1, 0.15) is 0 Å². The number of benzene rings is 1. The van der Waals surface area contributed by atoms with Crippen molar-refractivity contribution < 1.29 is 13.2 Å². The van der Waals surface area contributed by atoms with Gasteiger partial charge in [0.25, 0.3) is 5.56 Å². The lowest BCUT2D eigenvalue weighted by molar-refractivity contribution is -0.0337. The molecule has 1 heterocycles. The van der Waals surface area contributed by atoms with Gasteiger partial charge < -0.3 is 0 Å². The van der Waals surface area contributed by atoms with Crippen molar-refractivity contribution in [2.75, 3.05) is 0 Å². The molecule has 0 unspecified atom stereocenters. The Kier molecular flexibility index (Phi) is 2.63. The van der Waals surface area contributed by atoms with Crippen LogP contribution in [-0.4, -0.2) is 14.7 Å². The summed E-state index contributed by atoms with van der Waals surface area (Å²) in [5, 5.41) is 4.18. The molecule has 0 amide bonds. The molecule has 0 aliphatic heterocycles. The van der Waals surface area contributed by atoms with Gasteiger partial charge in [-0.25, -0.2) is 0 Å². The van der Waals surface area contributed by atoms with Gasteiger partial charge >= 0.3 is 5.51 Å². The van der Waals surface area contributed by atoms with E-state index in [2.05, 4.69) is 5.10 Å². The van der Waals surface area contributed by atoms with E-state index in [1.165, 1.54) is 12.3 Å². The van der Waals surface area contributed by atoms with E-state index in [9.17, 15) is 18.0 Å². The van der Waals surface area contributed by atoms with Crippen LogP contribution in [0.1, 0.15) is 0 Å². The molecule has 1 aromatic carbocycles. The monoisotopic (exact) mass is 246 g/mol. The number of alkyl halides is 3. The summed E-state index contributed by atoms with van der Waals surface area (Å²) in [5.74, 6) is 0. The van der Waals surface area contributed by atoms with Crippen molar-refractivity contribution in [1.29, 1.82) is 0 Å². The van der Waals surface area contributed by atoms with Gasteiger partial charge in [0.15, 0.2) is 0 Å². The third kappa shape index (κ3) is 2.19. The molecular formula is C9H5F3N2OS. The number of rotatable bonds is 1. The van der Waals surface area contributed by atoms with Crippen LogP contribution in [0.2, 0.25) is 0 Å². The van der Waals surface area contributed by atoms with Crippen LogP contribution in [0.4, 0.5) is 13.2 Å². The third-order valence-corrected chi connectivity index (χ3v) is 2.50. The second-order valence-electron chi connectivity index (χ2n) is 2.95. The van der Waals surface area contributed by atoms with Gasteiger partial charge in [-0.3, -0.25) is 4.79 Å². The summed E-state index contributed by atoms with van der Waals surface area (Å²) in [6.07, 6.45) is 1.23. The van der Waals surface area contributed by atoms with Gasteiger partial charge in [0, 0.05) is 5.39 Å². The quantitative estimate of drug-likeness (QED) is 0.775. The lowest BCUT2D eigenvalue weighted by atomic mass is 10.2. The van der Waals surface area contributed by atoms with Crippen molar-refractivity contribution in [1.82, 2.24) is 9.19 Å². The number of halogens is 3. The van der Waals surface area contributed by atoms with E-state index in [4.69, 9.17) is 0 Å². The summed E-state index contributed by atoms with van der Waals surface area (Å²) in [4.78, 5) is 11.6. The Morgan fingerprint density at radius 3 is 2.62 bits per heavy atom. The summed E-state index contributed by atoms with van der Waals surface area (Å²) in [7, 11) is 0. The number of nitrogens with zero attached hydrogens (tertiary/aromatic N) is 2. The number of fused-ring (bicyclic) bond motifs is 1. The molecule has 2 rings (SSSR count). The molecule has 3 nitrogen and oxygen atoms in total. The second kappa shape index (κ2) is 3.82. The van der Waals surface area contributed by atoms with Gasteiger partial charge in [0.05, 0.1) is 23.5 Å². The van der Waals surface area contributed by atoms with Crippen LogP contribution in [0, 0.1) is 0 Å². The van der Waals surface area contributed by atoms with Crippen molar-refractivity contribution in [3.05, 3.63) is 40.8 Å². The molecule has 0 atom stereocenters. The van der Waals surface area contributed by atoms with Crippen LogP contribution >= 0.6 is 11.9 Å². The molecule has 0 fully saturated rings. The van der Waals surface area contributed by atoms with Gasteiger partial charge in [-0.15, -0.1) is 0 Å². The Balaban J connectivity index is 2.57. The highest BCUT2D eigenvalue weighted by molar-refractivity contribution is 7.98. The van der Waals surface area contributed by atoms with Crippen molar-refractivity contribution in [2.45, 2.75) is 5.51 Å². The Hall–Kier alpha value is -1.50. The minimum absolute atomic E-state index is 0.217. The molecule has 0 radical (unpaired) electrons. The molecule has 7 heteroatoms. The average Bonchev–Trinajstić information content (AvgIpc) is 2.21. The first-order valence-corrected chi connectivity index (χ1v) is 4.98. The summed E-state index contributed by atoms with van der Waals surface area (Å²) < 4.78 is 36.6. The van der Waals surface area contributed by atoms with Gasteiger partial charge in [-0.05, 0) is 6.07 Å². The molecule has 0 bridgehead atoms. The highest BCUT2D eigenvalue weighted by Crippen LogP contribution is 2.29. The summed E-state index contributed by atoms with van der Waals surface area (Å²) in [6.45, 7) is 0. The zero-order valence-electron chi connectivity index (χ0n) is 7.73. The number of aromatic nitrogens is 2. The molecule has 0 aliphatic carbocycles. The predicted molar refractivity (Wildman–Crippen MR) is 55.0 cm³/mol. The fourth-order valence-electron chi connectivity index (χ4n) is 1.24. The van der Waals surface area contributed by atoms with Crippen molar-refractivity contribution in [3.8, 4) is 0 Å². The Labute approximate surface area is 92.0 Å². The van der Waals surface area contributed by atoms with Crippen LogP contribution in [0.5, 0.6) is 0 Å². The Morgan fingerprint density at radius 1 is 1.25 bits per heavy atom. The molecule has 2 aromatic rings. The Morgan fingerprint density at radius 2 is 1.94 bits per heavy atom. The molecule has 0 N–H and O–H groups in total. The zero-order valence-corrected chi connectivity index (χ0v) is 8.55. The van der Waals surface area contributed by atoms with Crippen molar-refractivity contribution in [3.63, 3.8) is 0 Å². The summed E-state index contributed by atoms with van der Waals surface area (Å²) in [5.41, 5.74) is -5.29. The topological polar surface area (TPSA) is 34.9 Å². The molecule has 0 saturated carbocycles. The van der Waals surface area contributed by atoms with Crippen LogP contribution in [0.3, 0.4) is 0 Å². The smallest absolute Gasteiger partial charge is 0.266 e. The Bertz CT molecular complexity index is 579. The first kappa shape index (κ1) is 11.0. The van der Waals surface area contributed by atoms with E-state index in [1.807, 2.05) is 0 Å². The molecule has 84 valence electrons. The van der Waals surface area contributed by atoms with E-state index in [0.29, 0.717) is 9.47 Å². The third-order valence-electron chi connectivity index (χ3n) is 1.86. The summed E-state index contributed by atoms with van der Waals surface area (Å²) >= 11 is -0.565. The normalized spacial score (nSPS) is 11.9. The van der Waals surface area contributed by atoms with E-state index in [1.54, 1.807) is 18.2 Å². The van der Waals surface area contributed by atoms with Crippen LogP contribution in [0.15, 0.2) is 35.3 Å². The van der Waals surface area contributed by atoms with E-state index in [-0.39, 0.29) is 5.39 Å². The maximum Gasteiger partial charge on any atom is 0.463 e. The fourth-order valence-corrected chi connectivity index (χ4v) is 1.71. The average molecular weight is 246 g/mol. The second-order valence-corrected chi connectivity index (χ2v) is 3.94. The zero-order chi connectivity index (χ0) is 11.8. The largest absolute Gasteiger partial charge is 0.463 e. The van der Waals surface area contributed by atoms with E-state index >= 15 is 0 Å². The minimum atomic E-state index is -4.53. The van der Waals surface area contributed by atoms with Crippen LogP contribution in [-0.2, 0) is 0 Å². The molecule has 1 aromatic heterocycles. The first-order chi connectivity index (χ1) is 7.47.